The minimum absolute atomic E-state index is 0.900. The van der Waals surface area contributed by atoms with Crippen molar-refractivity contribution in [3.8, 4) is 0 Å². The normalized spacial score (nSPS) is 11.3. The Hall–Kier alpha value is -0.600. The fraction of sp³-hybridized carbons (Fsp3) is 0. The van der Waals surface area contributed by atoms with Crippen molar-refractivity contribution in [2.45, 2.75) is 0 Å². The summed E-state index contributed by atoms with van der Waals surface area (Å²) in [6.45, 7) is 0. The first-order valence-corrected chi connectivity index (χ1v) is 9.11. The van der Waals surface area contributed by atoms with Crippen molar-refractivity contribution in [2.75, 3.05) is 0 Å². The molecule has 0 spiro atoms. The summed E-state index contributed by atoms with van der Waals surface area (Å²) in [7, 11) is 0. The molecule has 15 heavy (non-hydrogen) atoms. The van der Waals surface area contributed by atoms with Crippen molar-refractivity contribution in [1.29, 1.82) is 0 Å². The minimum atomic E-state index is -2.43. The van der Waals surface area contributed by atoms with Crippen LogP contribution in [0.2, 0.25) is 0 Å². The molecule has 0 aromatic heterocycles. The third-order valence-electron chi connectivity index (χ3n) is 2.18. The Morgan fingerprint density at radius 1 is 0.733 bits per heavy atom. The Morgan fingerprint density at radius 2 is 1.07 bits per heavy atom. The summed E-state index contributed by atoms with van der Waals surface area (Å²) in [5.41, 5.74) is 0. The molecule has 0 amide bonds. The molecule has 0 aliphatic carbocycles. The number of benzene rings is 2. The van der Waals surface area contributed by atoms with Crippen LogP contribution in [0.25, 0.3) is 0 Å². The molecular formula is C12H10IOP. The average Bonchev–Trinajstić information content (AvgIpc) is 2.31. The molecule has 0 saturated carbocycles. The molecule has 3 heteroatoms. The summed E-state index contributed by atoms with van der Waals surface area (Å²) in [4.78, 5) is -2.43. The highest BCUT2D eigenvalue weighted by atomic mass is 127. The standard InChI is InChI=1S/C12H10IOP/c13-15(14,11-7-3-1-4-8-11)12-9-5-2-6-10-12/h1-10H. The number of hydrogen-bond donors (Lipinski definition) is 0. The molecule has 0 aliphatic rings. The largest absolute Gasteiger partial charge is 0.303 e. The molecule has 0 unspecified atom stereocenters. The summed E-state index contributed by atoms with van der Waals surface area (Å²) in [5.74, 6) is 0. The third-order valence-corrected chi connectivity index (χ3v) is 7.44. The van der Waals surface area contributed by atoms with Gasteiger partial charge in [-0.1, -0.05) is 60.7 Å². The van der Waals surface area contributed by atoms with Crippen LogP contribution in [0.4, 0.5) is 0 Å². The molecule has 0 atom stereocenters. The van der Waals surface area contributed by atoms with E-state index in [2.05, 4.69) is 22.0 Å². The van der Waals surface area contributed by atoms with Crippen molar-refractivity contribution >= 4 is 37.4 Å². The van der Waals surface area contributed by atoms with Crippen LogP contribution >= 0.6 is 26.8 Å². The van der Waals surface area contributed by atoms with Gasteiger partial charge in [0.05, 0.1) is 0 Å². The molecule has 0 heterocycles. The molecule has 2 rings (SSSR count). The van der Waals surface area contributed by atoms with Gasteiger partial charge in [0.2, 0.25) is 0 Å². The molecule has 76 valence electrons. The van der Waals surface area contributed by atoms with Crippen molar-refractivity contribution in [2.24, 2.45) is 0 Å². The van der Waals surface area contributed by atoms with E-state index in [1.54, 1.807) is 0 Å². The summed E-state index contributed by atoms with van der Waals surface area (Å²) in [5, 5.41) is 1.80. The van der Waals surface area contributed by atoms with Crippen molar-refractivity contribution in [1.82, 2.24) is 0 Å². The zero-order valence-corrected chi connectivity index (χ0v) is 11.1. The predicted molar refractivity (Wildman–Crippen MR) is 73.8 cm³/mol. The van der Waals surface area contributed by atoms with Crippen molar-refractivity contribution in [3.63, 3.8) is 0 Å². The van der Waals surface area contributed by atoms with Gasteiger partial charge < -0.3 is 4.57 Å². The minimum Gasteiger partial charge on any atom is -0.303 e. The van der Waals surface area contributed by atoms with Crippen LogP contribution in [-0.4, -0.2) is 0 Å². The smallest absolute Gasteiger partial charge is 0.198 e. The van der Waals surface area contributed by atoms with E-state index >= 15 is 0 Å². The molecule has 0 N–H and O–H groups in total. The fourth-order valence-corrected chi connectivity index (χ4v) is 4.73. The van der Waals surface area contributed by atoms with Crippen molar-refractivity contribution < 1.29 is 4.57 Å². The van der Waals surface area contributed by atoms with E-state index in [1.165, 1.54) is 0 Å². The molecule has 0 saturated heterocycles. The second-order valence-electron chi connectivity index (χ2n) is 3.20. The number of hydrogen-bond acceptors (Lipinski definition) is 1. The molecular weight excluding hydrogens is 318 g/mol. The zero-order valence-electron chi connectivity index (χ0n) is 8.01. The molecule has 0 fully saturated rings. The van der Waals surface area contributed by atoms with Gasteiger partial charge in [0.1, 0.15) is 0 Å². The van der Waals surface area contributed by atoms with Crippen LogP contribution in [0.5, 0.6) is 0 Å². The Morgan fingerprint density at radius 3 is 1.40 bits per heavy atom. The third kappa shape index (κ3) is 2.32. The highest BCUT2D eigenvalue weighted by Crippen LogP contribution is 2.51. The van der Waals surface area contributed by atoms with Crippen LogP contribution in [-0.2, 0) is 4.57 Å². The van der Waals surface area contributed by atoms with Crippen LogP contribution in [0.15, 0.2) is 60.7 Å². The second-order valence-corrected chi connectivity index (χ2v) is 9.38. The van der Waals surface area contributed by atoms with Gasteiger partial charge in [-0.3, -0.25) is 0 Å². The lowest BCUT2D eigenvalue weighted by Crippen LogP contribution is -2.10. The van der Waals surface area contributed by atoms with E-state index in [-0.39, 0.29) is 0 Å². The first-order valence-electron chi connectivity index (χ1n) is 4.62. The molecule has 0 radical (unpaired) electrons. The maximum atomic E-state index is 12.6. The molecule has 0 bridgehead atoms. The first-order chi connectivity index (χ1) is 7.21. The van der Waals surface area contributed by atoms with Gasteiger partial charge in [0.15, 0.2) is 4.78 Å². The Labute approximate surface area is 102 Å². The quantitative estimate of drug-likeness (QED) is 0.610. The Balaban J connectivity index is 2.50. The molecule has 2 aromatic carbocycles. The summed E-state index contributed by atoms with van der Waals surface area (Å²) in [6.07, 6.45) is 0. The van der Waals surface area contributed by atoms with Gasteiger partial charge in [-0.15, -0.1) is 0 Å². The maximum absolute atomic E-state index is 12.6. The molecule has 1 nitrogen and oxygen atoms in total. The maximum Gasteiger partial charge on any atom is 0.198 e. The lowest BCUT2D eigenvalue weighted by atomic mass is 10.4. The second kappa shape index (κ2) is 4.50. The van der Waals surface area contributed by atoms with E-state index in [4.69, 9.17) is 0 Å². The molecule has 2 aromatic rings. The van der Waals surface area contributed by atoms with E-state index in [0.29, 0.717) is 0 Å². The van der Waals surface area contributed by atoms with Gasteiger partial charge in [-0.25, -0.2) is 0 Å². The SMILES string of the molecule is O=P(I)(c1ccccc1)c1ccccc1. The lowest BCUT2D eigenvalue weighted by molar-refractivity contribution is 0.597. The van der Waals surface area contributed by atoms with Gasteiger partial charge >= 0.3 is 0 Å². The highest BCUT2D eigenvalue weighted by molar-refractivity contribution is 14.2. The summed E-state index contributed by atoms with van der Waals surface area (Å²) >= 11 is 2.06. The zero-order chi connectivity index (χ0) is 10.7. The van der Waals surface area contributed by atoms with E-state index in [9.17, 15) is 4.57 Å². The highest BCUT2D eigenvalue weighted by Gasteiger charge is 2.22. The van der Waals surface area contributed by atoms with Gasteiger partial charge in [0.25, 0.3) is 0 Å². The summed E-state index contributed by atoms with van der Waals surface area (Å²) < 4.78 is 12.6. The number of halogens is 1. The monoisotopic (exact) mass is 328 g/mol. The summed E-state index contributed by atoms with van der Waals surface area (Å²) in [6, 6.07) is 19.2. The topological polar surface area (TPSA) is 17.1 Å². The van der Waals surface area contributed by atoms with Crippen molar-refractivity contribution in [3.05, 3.63) is 60.7 Å². The molecule has 0 aliphatic heterocycles. The van der Waals surface area contributed by atoms with Crippen LogP contribution in [0.1, 0.15) is 0 Å². The lowest BCUT2D eigenvalue weighted by Gasteiger charge is -2.11. The van der Waals surface area contributed by atoms with E-state index < -0.39 is 4.78 Å². The Bertz CT molecular complexity index is 438. The van der Waals surface area contributed by atoms with E-state index in [0.717, 1.165) is 10.6 Å². The van der Waals surface area contributed by atoms with Gasteiger partial charge in [-0.2, -0.15) is 0 Å². The van der Waals surface area contributed by atoms with E-state index in [1.807, 2.05) is 60.7 Å². The first kappa shape index (κ1) is 10.9. The fourth-order valence-electron chi connectivity index (χ4n) is 1.39. The predicted octanol–water partition coefficient (Wildman–Crippen LogP) is 3.35. The Kier molecular flexibility index (Phi) is 3.27. The van der Waals surface area contributed by atoms with Gasteiger partial charge in [-0.05, 0) is 0 Å². The van der Waals surface area contributed by atoms with Crippen LogP contribution in [0.3, 0.4) is 0 Å². The van der Waals surface area contributed by atoms with Crippen LogP contribution < -0.4 is 10.6 Å². The van der Waals surface area contributed by atoms with Gasteiger partial charge in [0, 0.05) is 32.7 Å². The number of rotatable bonds is 2. The van der Waals surface area contributed by atoms with Crippen LogP contribution in [0, 0.1) is 0 Å². The average molecular weight is 328 g/mol.